The van der Waals surface area contributed by atoms with Gasteiger partial charge in [0.2, 0.25) is 5.91 Å². The molecular formula is C26H25BrN4O2S2. The number of carbonyl (C=O) groups is 1. The summed E-state index contributed by atoms with van der Waals surface area (Å²) in [6, 6.07) is 15.3. The van der Waals surface area contributed by atoms with E-state index in [1.807, 2.05) is 67.5 Å². The number of carbonyl (C=O) groups excluding carboxylic acids is 1. The summed E-state index contributed by atoms with van der Waals surface area (Å²) in [6.45, 7) is 0. The number of amides is 1. The number of anilines is 2. The summed E-state index contributed by atoms with van der Waals surface area (Å²) in [5.74, 6) is 0.00409. The van der Waals surface area contributed by atoms with Gasteiger partial charge in [-0.1, -0.05) is 27.7 Å². The summed E-state index contributed by atoms with van der Waals surface area (Å²) in [5.41, 5.74) is 3.65. The molecule has 0 radical (unpaired) electrons. The Balaban J connectivity index is 1.46. The zero-order chi connectivity index (χ0) is 24.5. The highest BCUT2D eigenvalue weighted by molar-refractivity contribution is 9.10. The number of halogens is 1. The van der Waals surface area contributed by atoms with E-state index >= 15 is 0 Å². The predicted octanol–water partition coefficient (Wildman–Crippen LogP) is 5.89. The summed E-state index contributed by atoms with van der Waals surface area (Å²) in [5, 5.41) is 4.21. The van der Waals surface area contributed by atoms with Gasteiger partial charge in [0, 0.05) is 34.8 Å². The Morgan fingerprint density at radius 2 is 1.83 bits per heavy atom. The second-order valence-corrected chi connectivity index (χ2v) is 11.6. The molecule has 0 aliphatic heterocycles. The molecule has 4 aromatic rings. The van der Waals surface area contributed by atoms with Crippen LogP contribution in [0.4, 0.5) is 11.4 Å². The highest BCUT2D eigenvalue weighted by atomic mass is 79.9. The monoisotopic (exact) mass is 568 g/mol. The molecule has 5 rings (SSSR count). The van der Waals surface area contributed by atoms with Crippen molar-refractivity contribution in [2.24, 2.45) is 0 Å². The lowest BCUT2D eigenvalue weighted by atomic mass is 9.97. The lowest BCUT2D eigenvalue weighted by Gasteiger charge is -2.14. The van der Waals surface area contributed by atoms with E-state index in [-0.39, 0.29) is 17.2 Å². The summed E-state index contributed by atoms with van der Waals surface area (Å²) in [6.07, 6.45) is 4.18. The molecule has 0 fully saturated rings. The summed E-state index contributed by atoms with van der Waals surface area (Å²) in [4.78, 5) is 35.5. The minimum Gasteiger partial charge on any atom is -0.378 e. The molecule has 0 spiro atoms. The first-order valence-electron chi connectivity index (χ1n) is 11.4. The smallest absolute Gasteiger partial charge is 0.267 e. The largest absolute Gasteiger partial charge is 0.378 e. The molecule has 0 bridgehead atoms. The van der Waals surface area contributed by atoms with Crippen LogP contribution < -0.4 is 15.8 Å². The number of rotatable bonds is 6. The van der Waals surface area contributed by atoms with Gasteiger partial charge >= 0.3 is 0 Å². The van der Waals surface area contributed by atoms with Crippen LogP contribution in [0.1, 0.15) is 23.3 Å². The van der Waals surface area contributed by atoms with Gasteiger partial charge in [-0.3, -0.25) is 14.2 Å². The fraction of sp³-hybridized carbons (Fsp3) is 0.269. The fourth-order valence-corrected chi connectivity index (χ4v) is 6.65. The average Bonchev–Trinajstić information content (AvgIpc) is 3.22. The van der Waals surface area contributed by atoms with E-state index in [1.54, 1.807) is 15.9 Å². The molecule has 35 heavy (non-hydrogen) atoms. The van der Waals surface area contributed by atoms with Gasteiger partial charge in [-0.15, -0.1) is 11.3 Å². The fourth-order valence-electron chi connectivity index (χ4n) is 4.27. The lowest BCUT2D eigenvalue weighted by Crippen LogP contribution is -2.23. The van der Waals surface area contributed by atoms with E-state index < -0.39 is 0 Å². The molecule has 0 saturated heterocycles. The molecule has 6 nitrogen and oxygen atoms in total. The molecule has 180 valence electrons. The molecular weight excluding hydrogens is 544 g/mol. The van der Waals surface area contributed by atoms with E-state index in [1.165, 1.54) is 16.6 Å². The number of aromatic nitrogens is 2. The maximum Gasteiger partial charge on any atom is 0.267 e. The minimum atomic E-state index is -0.144. The van der Waals surface area contributed by atoms with Crippen molar-refractivity contribution in [1.82, 2.24) is 9.55 Å². The molecule has 1 aliphatic carbocycles. The van der Waals surface area contributed by atoms with Gasteiger partial charge in [0.1, 0.15) is 4.83 Å². The van der Waals surface area contributed by atoms with E-state index in [4.69, 9.17) is 4.98 Å². The SMILES string of the molecule is CN(C)c1ccc(NC(=O)CSc2nc3sc4c(c3c(=O)n2-c2ccc(Br)cc2)CCCC4)cc1. The molecule has 1 N–H and O–H groups in total. The van der Waals surface area contributed by atoms with Gasteiger partial charge in [0.15, 0.2) is 5.16 Å². The number of thioether (sulfide) groups is 1. The van der Waals surface area contributed by atoms with Crippen LogP contribution in [0.5, 0.6) is 0 Å². The predicted molar refractivity (Wildman–Crippen MR) is 150 cm³/mol. The first-order chi connectivity index (χ1) is 16.9. The van der Waals surface area contributed by atoms with Crippen molar-refractivity contribution >= 4 is 66.5 Å². The van der Waals surface area contributed by atoms with Gasteiger partial charge < -0.3 is 10.2 Å². The van der Waals surface area contributed by atoms with Gasteiger partial charge in [-0.05, 0) is 79.8 Å². The van der Waals surface area contributed by atoms with Crippen LogP contribution >= 0.6 is 39.0 Å². The van der Waals surface area contributed by atoms with Crippen LogP contribution in [0.25, 0.3) is 15.9 Å². The zero-order valence-electron chi connectivity index (χ0n) is 19.5. The molecule has 1 amide bonds. The molecule has 2 heterocycles. The summed E-state index contributed by atoms with van der Waals surface area (Å²) >= 11 is 6.38. The number of nitrogens with one attached hydrogen (secondary N) is 1. The standard InChI is InChI=1S/C26H25BrN4O2S2/c1-30(2)18-13-9-17(10-14-18)28-22(32)15-34-26-29-24-23(20-5-3-4-6-21(20)35-24)25(33)31(26)19-11-7-16(27)8-12-19/h7-14H,3-6,15H2,1-2H3,(H,28,32). The summed E-state index contributed by atoms with van der Waals surface area (Å²) < 4.78 is 2.59. The van der Waals surface area contributed by atoms with Gasteiger partial charge in [-0.25, -0.2) is 4.98 Å². The lowest BCUT2D eigenvalue weighted by molar-refractivity contribution is -0.113. The second-order valence-electron chi connectivity index (χ2n) is 8.68. The second kappa shape index (κ2) is 10.2. The number of aryl methyl sites for hydroxylation is 2. The van der Waals surface area contributed by atoms with Crippen LogP contribution in [0.3, 0.4) is 0 Å². The van der Waals surface area contributed by atoms with Gasteiger partial charge in [0.25, 0.3) is 5.56 Å². The Bertz CT molecular complexity index is 1440. The maximum atomic E-state index is 13.8. The first-order valence-corrected chi connectivity index (χ1v) is 14.0. The quantitative estimate of drug-likeness (QED) is 0.232. The third-order valence-corrected chi connectivity index (χ3v) is 8.70. The minimum absolute atomic E-state index is 0.0566. The van der Waals surface area contributed by atoms with Crippen molar-refractivity contribution < 1.29 is 4.79 Å². The van der Waals surface area contributed by atoms with Crippen molar-refractivity contribution in [2.75, 3.05) is 30.1 Å². The number of thiophene rings is 1. The van der Waals surface area contributed by atoms with E-state index in [0.29, 0.717) is 5.16 Å². The highest BCUT2D eigenvalue weighted by Gasteiger charge is 2.23. The Morgan fingerprint density at radius 1 is 1.11 bits per heavy atom. The van der Waals surface area contributed by atoms with Crippen LogP contribution in [0.15, 0.2) is 63.0 Å². The number of hydrogen-bond acceptors (Lipinski definition) is 6. The molecule has 2 aromatic heterocycles. The Labute approximate surface area is 220 Å². The Hall–Kier alpha value is -2.62. The van der Waals surface area contributed by atoms with Crippen molar-refractivity contribution in [3.8, 4) is 5.69 Å². The highest BCUT2D eigenvalue weighted by Crippen LogP contribution is 2.35. The van der Waals surface area contributed by atoms with E-state index in [2.05, 4.69) is 21.2 Å². The van der Waals surface area contributed by atoms with Gasteiger partial charge in [0.05, 0.1) is 16.8 Å². The Kier molecular flexibility index (Phi) is 7.00. The van der Waals surface area contributed by atoms with Crippen LogP contribution in [-0.2, 0) is 17.6 Å². The summed E-state index contributed by atoms with van der Waals surface area (Å²) in [7, 11) is 3.95. The molecule has 1 aliphatic rings. The number of hydrogen-bond donors (Lipinski definition) is 1. The molecule has 0 atom stereocenters. The van der Waals surface area contributed by atoms with Crippen LogP contribution in [-0.4, -0.2) is 35.3 Å². The zero-order valence-corrected chi connectivity index (χ0v) is 22.7. The topological polar surface area (TPSA) is 67.2 Å². The average molecular weight is 570 g/mol. The van der Waals surface area contributed by atoms with E-state index in [9.17, 15) is 9.59 Å². The number of nitrogens with zero attached hydrogens (tertiary/aromatic N) is 3. The van der Waals surface area contributed by atoms with Crippen molar-refractivity contribution in [3.05, 3.63) is 73.8 Å². The van der Waals surface area contributed by atoms with Crippen LogP contribution in [0.2, 0.25) is 0 Å². The molecule has 0 saturated carbocycles. The first kappa shape index (κ1) is 24.1. The van der Waals surface area contributed by atoms with Crippen molar-refractivity contribution in [3.63, 3.8) is 0 Å². The van der Waals surface area contributed by atoms with Crippen molar-refractivity contribution in [2.45, 2.75) is 30.8 Å². The third-order valence-electron chi connectivity index (χ3n) is 6.04. The normalized spacial score (nSPS) is 13.0. The molecule has 9 heteroatoms. The third kappa shape index (κ3) is 5.03. The molecule has 2 aromatic carbocycles. The van der Waals surface area contributed by atoms with Crippen molar-refractivity contribution in [1.29, 1.82) is 0 Å². The number of benzene rings is 2. The number of fused-ring (bicyclic) bond motifs is 3. The van der Waals surface area contributed by atoms with Gasteiger partial charge in [-0.2, -0.15) is 0 Å². The van der Waals surface area contributed by atoms with E-state index in [0.717, 1.165) is 63.0 Å². The molecule has 0 unspecified atom stereocenters. The maximum absolute atomic E-state index is 13.8. The van der Waals surface area contributed by atoms with Crippen LogP contribution in [0, 0.1) is 0 Å². The Morgan fingerprint density at radius 3 is 2.54 bits per heavy atom.